The summed E-state index contributed by atoms with van der Waals surface area (Å²) in [5.41, 5.74) is 0.928. The Balaban J connectivity index is 1.61. The number of nitrogens with zero attached hydrogens (tertiary/aromatic N) is 4. The number of ether oxygens (including phenoxy) is 1. The fraction of sp³-hybridized carbons (Fsp3) is 0.545. The van der Waals surface area contributed by atoms with Gasteiger partial charge in [-0.25, -0.2) is 9.78 Å². The average molecular weight is 415 g/mol. The number of methoxy groups -OCH3 is 1. The second kappa shape index (κ2) is 10.4. The van der Waals surface area contributed by atoms with E-state index in [-0.39, 0.29) is 18.1 Å². The molecule has 2 amide bonds. The number of carbonyl (C=O) groups excluding carboxylic acids is 1. The molecule has 1 aromatic carbocycles. The van der Waals surface area contributed by atoms with Crippen LogP contribution in [0.3, 0.4) is 0 Å². The van der Waals surface area contributed by atoms with Crippen molar-refractivity contribution in [3.63, 3.8) is 0 Å². The third kappa shape index (κ3) is 5.96. The van der Waals surface area contributed by atoms with Crippen LogP contribution in [0.1, 0.15) is 30.3 Å². The highest BCUT2D eigenvalue weighted by Gasteiger charge is 2.24. The van der Waals surface area contributed by atoms with Crippen LogP contribution in [0.25, 0.3) is 0 Å². The topological polar surface area (TPSA) is 74.7 Å². The molecule has 1 aliphatic rings. The highest BCUT2D eigenvalue weighted by molar-refractivity contribution is 5.75. The highest BCUT2D eigenvalue weighted by Crippen LogP contribution is 2.24. The van der Waals surface area contributed by atoms with E-state index >= 15 is 0 Å². The summed E-state index contributed by atoms with van der Waals surface area (Å²) >= 11 is 0. The summed E-state index contributed by atoms with van der Waals surface area (Å²) in [6.45, 7) is 4.16. The van der Waals surface area contributed by atoms with Crippen LogP contribution in [-0.2, 0) is 7.05 Å². The number of urea groups is 1. The number of amides is 2. The van der Waals surface area contributed by atoms with Crippen molar-refractivity contribution in [1.29, 1.82) is 0 Å². The van der Waals surface area contributed by atoms with Crippen LogP contribution in [0.2, 0.25) is 0 Å². The molecule has 0 saturated carbocycles. The van der Waals surface area contributed by atoms with Gasteiger partial charge in [-0.15, -0.1) is 0 Å². The van der Waals surface area contributed by atoms with Gasteiger partial charge in [0.15, 0.2) is 0 Å². The molecule has 1 aromatic heterocycles. The lowest BCUT2D eigenvalue weighted by atomic mass is 10.0. The number of piperidine rings is 1. The van der Waals surface area contributed by atoms with Crippen molar-refractivity contribution < 1.29 is 9.53 Å². The van der Waals surface area contributed by atoms with Crippen molar-refractivity contribution in [2.75, 3.05) is 47.4 Å². The predicted molar refractivity (Wildman–Crippen MR) is 118 cm³/mol. The maximum atomic E-state index is 12.8. The first-order valence-electron chi connectivity index (χ1n) is 10.5. The molecule has 2 aromatic rings. The summed E-state index contributed by atoms with van der Waals surface area (Å²) in [4.78, 5) is 22.0. The molecular formula is C22H34N6O2. The number of likely N-dealkylation sites (N-methyl/N-ethyl adjacent to an activating group) is 1. The standard InChI is InChI=1S/C22H34N6O2/c1-26(2)14-15-28-11-8-18(9-12-28)24-22(29)25-20(21-23-10-13-27(21)3)17-6-5-7-19(16-17)30-4/h5-7,10,13,16,18,20H,8-9,11-12,14-15H2,1-4H3,(H2,24,25,29). The van der Waals surface area contributed by atoms with Crippen LogP contribution < -0.4 is 15.4 Å². The van der Waals surface area contributed by atoms with Crippen LogP contribution in [-0.4, -0.2) is 78.8 Å². The number of aryl methyl sites for hydroxylation is 1. The molecule has 0 radical (unpaired) electrons. The van der Waals surface area contributed by atoms with E-state index in [0.29, 0.717) is 0 Å². The molecule has 1 unspecified atom stereocenters. The number of likely N-dealkylation sites (tertiary alicyclic amines) is 1. The molecule has 0 bridgehead atoms. The lowest BCUT2D eigenvalue weighted by Crippen LogP contribution is -2.49. The van der Waals surface area contributed by atoms with Crippen LogP contribution in [0.15, 0.2) is 36.7 Å². The van der Waals surface area contributed by atoms with Gasteiger partial charge < -0.3 is 29.7 Å². The van der Waals surface area contributed by atoms with Gasteiger partial charge in [0, 0.05) is 51.7 Å². The van der Waals surface area contributed by atoms with Crippen LogP contribution >= 0.6 is 0 Å². The van der Waals surface area contributed by atoms with Crippen molar-refractivity contribution in [1.82, 2.24) is 30.0 Å². The summed E-state index contributed by atoms with van der Waals surface area (Å²) in [5, 5.41) is 6.28. The van der Waals surface area contributed by atoms with Crippen LogP contribution in [0.5, 0.6) is 5.75 Å². The van der Waals surface area contributed by atoms with Crippen LogP contribution in [0.4, 0.5) is 4.79 Å². The highest BCUT2D eigenvalue weighted by atomic mass is 16.5. The smallest absolute Gasteiger partial charge is 0.315 e. The Labute approximate surface area is 179 Å². The summed E-state index contributed by atoms with van der Waals surface area (Å²) in [6, 6.07) is 7.38. The Morgan fingerprint density at radius 1 is 1.33 bits per heavy atom. The molecule has 2 heterocycles. The maximum Gasteiger partial charge on any atom is 0.315 e. The number of hydrogen-bond acceptors (Lipinski definition) is 5. The zero-order chi connectivity index (χ0) is 21.5. The minimum absolute atomic E-state index is 0.169. The molecule has 0 spiro atoms. The molecule has 0 aliphatic carbocycles. The van der Waals surface area contributed by atoms with Gasteiger partial charge in [-0.05, 0) is 44.6 Å². The van der Waals surface area contributed by atoms with Gasteiger partial charge in [-0.1, -0.05) is 12.1 Å². The lowest BCUT2D eigenvalue weighted by Gasteiger charge is -2.33. The minimum Gasteiger partial charge on any atom is -0.497 e. The Morgan fingerprint density at radius 3 is 2.73 bits per heavy atom. The van der Waals surface area contributed by atoms with E-state index in [2.05, 4.69) is 39.5 Å². The van der Waals surface area contributed by atoms with Gasteiger partial charge in [0.1, 0.15) is 17.6 Å². The average Bonchev–Trinajstić information content (AvgIpc) is 3.17. The molecule has 8 nitrogen and oxygen atoms in total. The van der Waals surface area contributed by atoms with E-state index in [0.717, 1.165) is 56.2 Å². The van der Waals surface area contributed by atoms with Gasteiger partial charge >= 0.3 is 6.03 Å². The molecule has 2 N–H and O–H groups in total. The van der Waals surface area contributed by atoms with Gasteiger partial charge in [0.2, 0.25) is 0 Å². The quantitative estimate of drug-likeness (QED) is 0.690. The van der Waals surface area contributed by atoms with E-state index in [4.69, 9.17) is 4.74 Å². The number of aromatic nitrogens is 2. The fourth-order valence-corrected chi connectivity index (χ4v) is 3.77. The SMILES string of the molecule is COc1cccc(C(NC(=O)NC2CCN(CCN(C)C)CC2)c2nccn2C)c1. The molecule has 3 rings (SSSR count). The largest absolute Gasteiger partial charge is 0.497 e. The number of carbonyl (C=O) groups is 1. The van der Waals surface area contributed by atoms with Crippen molar-refractivity contribution >= 4 is 6.03 Å². The van der Waals surface area contributed by atoms with E-state index in [1.165, 1.54) is 0 Å². The van der Waals surface area contributed by atoms with Gasteiger partial charge in [0.25, 0.3) is 0 Å². The molecule has 1 saturated heterocycles. The molecule has 164 valence electrons. The first-order chi connectivity index (χ1) is 14.5. The zero-order valence-corrected chi connectivity index (χ0v) is 18.5. The number of benzene rings is 1. The Bertz CT molecular complexity index is 813. The number of rotatable bonds is 8. The number of hydrogen-bond donors (Lipinski definition) is 2. The summed E-state index contributed by atoms with van der Waals surface area (Å²) in [7, 11) is 7.76. The number of imidazole rings is 1. The van der Waals surface area contributed by atoms with Crippen molar-refractivity contribution in [3.05, 3.63) is 48.0 Å². The zero-order valence-electron chi connectivity index (χ0n) is 18.5. The summed E-state index contributed by atoms with van der Waals surface area (Å²) < 4.78 is 7.28. The monoisotopic (exact) mass is 414 g/mol. The first kappa shape index (κ1) is 22.1. The second-order valence-corrected chi connectivity index (χ2v) is 8.14. The third-order valence-corrected chi connectivity index (χ3v) is 5.61. The molecule has 8 heteroatoms. The first-order valence-corrected chi connectivity index (χ1v) is 10.5. The predicted octanol–water partition coefficient (Wildman–Crippen LogP) is 1.84. The summed E-state index contributed by atoms with van der Waals surface area (Å²) in [5.74, 6) is 1.52. The molecule has 1 atom stereocenters. The molecule has 30 heavy (non-hydrogen) atoms. The van der Waals surface area contributed by atoms with Gasteiger partial charge in [-0.2, -0.15) is 0 Å². The third-order valence-electron chi connectivity index (χ3n) is 5.61. The normalized spacial score (nSPS) is 16.4. The van der Waals surface area contributed by atoms with Crippen molar-refractivity contribution in [2.45, 2.75) is 24.9 Å². The molecule has 1 fully saturated rings. The Morgan fingerprint density at radius 2 is 2.10 bits per heavy atom. The van der Waals surface area contributed by atoms with Crippen molar-refractivity contribution in [2.24, 2.45) is 7.05 Å². The van der Waals surface area contributed by atoms with E-state index < -0.39 is 0 Å². The minimum atomic E-state index is -0.361. The second-order valence-electron chi connectivity index (χ2n) is 8.14. The van der Waals surface area contributed by atoms with Gasteiger partial charge in [0.05, 0.1) is 7.11 Å². The summed E-state index contributed by atoms with van der Waals surface area (Å²) in [6.07, 6.45) is 5.55. The van der Waals surface area contributed by atoms with E-state index in [1.807, 2.05) is 42.1 Å². The Hall–Kier alpha value is -2.58. The number of nitrogens with one attached hydrogen (secondary N) is 2. The maximum absolute atomic E-state index is 12.8. The Kier molecular flexibility index (Phi) is 7.70. The van der Waals surface area contributed by atoms with Gasteiger partial charge in [-0.3, -0.25) is 0 Å². The lowest BCUT2D eigenvalue weighted by molar-refractivity contribution is 0.179. The van der Waals surface area contributed by atoms with E-state index in [1.54, 1.807) is 13.3 Å². The molecule has 1 aliphatic heterocycles. The molecular weight excluding hydrogens is 380 g/mol. The van der Waals surface area contributed by atoms with Crippen LogP contribution in [0, 0.1) is 0 Å². The van der Waals surface area contributed by atoms with Crippen molar-refractivity contribution in [3.8, 4) is 5.75 Å². The van der Waals surface area contributed by atoms with E-state index in [9.17, 15) is 4.79 Å². The fourth-order valence-electron chi connectivity index (χ4n) is 3.77.